The Hall–Kier alpha value is -0.660. The van der Waals surface area contributed by atoms with Gasteiger partial charge in [-0.05, 0) is 19.4 Å². The van der Waals surface area contributed by atoms with Gasteiger partial charge in [-0.25, -0.2) is 8.78 Å². The normalized spacial score (nSPS) is 23.7. The first-order chi connectivity index (χ1) is 6.72. The Bertz CT molecular complexity index is 203. The van der Waals surface area contributed by atoms with Crippen LogP contribution < -0.4 is 0 Å². The van der Waals surface area contributed by atoms with E-state index >= 15 is 0 Å². The monoisotopic (exact) mass is 203 g/mol. The summed E-state index contributed by atoms with van der Waals surface area (Å²) < 4.78 is 28.8. The van der Waals surface area contributed by atoms with Crippen LogP contribution >= 0.6 is 0 Å². The Morgan fingerprint density at radius 1 is 1.57 bits per heavy atom. The molecule has 80 valence electrons. The van der Waals surface area contributed by atoms with Crippen molar-refractivity contribution >= 4 is 0 Å². The standard InChI is InChI=1S/C10H15F2NO/c1-2-5-13-6-3-4-9(7-13)14-8-10(11)12/h1,9-10H,3-8H2. The molecule has 4 heteroatoms. The third-order valence-corrected chi connectivity index (χ3v) is 2.24. The molecular formula is C10H15F2NO. The summed E-state index contributed by atoms with van der Waals surface area (Å²) in [6, 6.07) is 0. The quantitative estimate of drug-likeness (QED) is 0.640. The number of terminal acetylenes is 1. The van der Waals surface area contributed by atoms with Gasteiger partial charge in [0.15, 0.2) is 0 Å². The number of piperidine rings is 1. The number of hydrogen-bond donors (Lipinski definition) is 0. The Labute approximate surface area is 83.2 Å². The minimum absolute atomic E-state index is 0.0777. The van der Waals surface area contributed by atoms with E-state index in [-0.39, 0.29) is 6.10 Å². The fourth-order valence-electron chi connectivity index (χ4n) is 1.63. The highest BCUT2D eigenvalue weighted by molar-refractivity contribution is 4.90. The van der Waals surface area contributed by atoms with Crippen LogP contribution in [0.1, 0.15) is 12.8 Å². The van der Waals surface area contributed by atoms with E-state index in [1.807, 2.05) is 0 Å². The summed E-state index contributed by atoms with van der Waals surface area (Å²) in [7, 11) is 0. The van der Waals surface area contributed by atoms with Gasteiger partial charge in [0.05, 0.1) is 12.6 Å². The van der Waals surface area contributed by atoms with Gasteiger partial charge in [0, 0.05) is 6.54 Å². The van der Waals surface area contributed by atoms with E-state index < -0.39 is 13.0 Å². The maximum Gasteiger partial charge on any atom is 0.261 e. The average molecular weight is 203 g/mol. The first kappa shape index (κ1) is 11.4. The van der Waals surface area contributed by atoms with E-state index in [1.54, 1.807) is 0 Å². The van der Waals surface area contributed by atoms with Crippen molar-refractivity contribution < 1.29 is 13.5 Å². The molecule has 1 fully saturated rings. The summed E-state index contributed by atoms with van der Waals surface area (Å²) in [5, 5.41) is 0. The Balaban J connectivity index is 2.22. The molecule has 0 bridgehead atoms. The van der Waals surface area contributed by atoms with E-state index in [0.29, 0.717) is 13.1 Å². The lowest BCUT2D eigenvalue weighted by molar-refractivity contribution is -0.0486. The molecule has 1 heterocycles. The summed E-state index contributed by atoms with van der Waals surface area (Å²) >= 11 is 0. The van der Waals surface area contributed by atoms with E-state index in [9.17, 15) is 8.78 Å². The molecule has 0 saturated carbocycles. The Morgan fingerprint density at radius 2 is 2.36 bits per heavy atom. The fraction of sp³-hybridized carbons (Fsp3) is 0.800. The molecule has 0 spiro atoms. The predicted molar refractivity (Wildman–Crippen MR) is 50.3 cm³/mol. The smallest absolute Gasteiger partial charge is 0.261 e. The number of halogens is 2. The lowest BCUT2D eigenvalue weighted by Crippen LogP contribution is -2.40. The van der Waals surface area contributed by atoms with Crippen molar-refractivity contribution in [3.63, 3.8) is 0 Å². The van der Waals surface area contributed by atoms with Crippen molar-refractivity contribution in [2.45, 2.75) is 25.4 Å². The number of ether oxygens (including phenoxy) is 1. The van der Waals surface area contributed by atoms with Crippen molar-refractivity contribution in [2.75, 3.05) is 26.2 Å². The highest BCUT2D eigenvalue weighted by Gasteiger charge is 2.20. The Kier molecular flexibility index (Phi) is 4.85. The molecule has 0 radical (unpaired) electrons. The van der Waals surface area contributed by atoms with Crippen LogP contribution in [0.4, 0.5) is 8.78 Å². The lowest BCUT2D eigenvalue weighted by Gasteiger charge is -2.31. The molecule has 1 unspecified atom stereocenters. The molecule has 1 aliphatic rings. The van der Waals surface area contributed by atoms with E-state index in [0.717, 1.165) is 19.4 Å². The Morgan fingerprint density at radius 3 is 3.00 bits per heavy atom. The van der Waals surface area contributed by atoms with Gasteiger partial charge in [-0.2, -0.15) is 0 Å². The molecule has 0 aromatic rings. The zero-order valence-corrected chi connectivity index (χ0v) is 8.09. The molecule has 0 amide bonds. The van der Waals surface area contributed by atoms with Gasteiger partial charge >= 0.3 is 0 Å². The van der Waals surface area contributed by atoms with Crippen LogP contribution in [-0.4, -0.2) is 43.7 Å². The van der Waals surface area contributed by atoms with Crippen LogP contribution in [0.25, 0.3) is 0 Å². The minimum Gasteiger partial charge on any atom is -0.371 e. The number of nitrogens with zero attached hydrogens (tertiary/aromatic N) is 1. The molecule has 0 aromatic heterocycles. The molecule has 1 aliphatic heterocycles. The summed E-state index contributed by atoms with van der Waals surface area (Å²) in [6.07, 6.45) is 4.54. The van der Waals surface area contributed by atoms with Crippen LogP contribution in [0.5, 0.6) is 0 Å². The second-order valence-electron chi connectivity index (χ2n) is 3.43. The average Bonchev–Trinajstić information content (AvgIpc) is 2.16. The lowest BCUT2D eigenvalue weighted by atomic mass is 10.1. The highest BCUT2D eigenvalue weighted by atomic mass is 19.3. The molecule has 0 aromatic carbocycles. The van der Waals surface area contributed by atoms with E-state index in [2.05, 4.69) is 10.8 Å². The predicted octanol–water partition coefficient (Wildman–Crippen LogP) is 1.37. The van der Waals surface area contributed by atoms with Crippen molar-refractivity contribution in [1.29, 1.82) is 0 Å². The summed E-state index contributed by atoms with van der Waals surface area (Å²) in [6.45, 7) is 1.73. The van der Waals surface area contributed by atoms with Crippen LogP contribution in [0, 0.1) is 12.3 Å². The molecular weight excluding hydrogens is 188 g/mol. The number of rotatable bonds is 4. The van der Waals surface area contributed by atoms with Crippen molar-refractivity contribution in [3.05, 3.63) is 0 Å². The number of likely N-dealkylation sites (tertiary alicyclic amines) is 1. The first-order valence-corrected chi connectivity index (χ1v) is 4.78. The number of hydrogen-bond acceptors (Lipinski definition) is 2. The van der Waals surface area contributed by atoms with Gasteiger partial charge in [-0.15, -0.1) is 6.42 Å². The zero-order chi connectivity index (χ0) is 10.4. The van der Waals surface area contributed by atoms with E-state index in [1.165, 1.54) is 0 Å². The molecule has 0 aliphatic carbocycles. The van der Waals surface area contributed by atoms with Crippen molar-refractivity contribution in [3.8, 4) is 12.3 Å². The van der Waals surface area contributed by atoms with Crippen LogP contribution in [0.2, 0.25) is 0 Å². The first-order valence-electron chi connectivity index (χ1n) is 4.78. The van der Waals surface area contributed by atoms with Gasteiger partial charge in [-0.1, -0.05) is 5.92 Å². The van der Waals surface area contributed by atoms with Gasteiger partial charge in [0.2, 0.25) is 0 Å². The van der Waals surface area contributed by atoms with Crippen LogP contribution in [0.15, 0.2) is 0 Å². The van der Waals surface area contributed by atoms with Gasteiger partial charge in [-0.3, -0.25) is 4.90 Å². The highest BCUT2D eigenvalue weighted by Crippen LogP contribution is 2.13. The second kappa shape index (κ2) is 5.94. The summed E-state index contributed by atoms with van der Waals surface area (Å²) in [5.41, 5.74) is 0. The van der Waals surface area contributed by atoms with E-state index in [4.69, 9.17) is 11.2 Å². The summed E-state index contributed by atoms with van der Waals surface area (Å²) in [4.78, 5) is 2.06. The minimum atomic E-state index is -2.38. The molecule has 0 N–H and O–H groups in total. The van der Waals surface area contributed by atoms with Crippen molar-refractivity contribution in [2.24, 2.45) is 0 Å². The largest absolute Gasteiger partial charge is 0.371 e. The van der Waals surface area contributed by atoms with Crippen molar-refractivity contribution in [1.82, 2.24) is 4.90 Å². The third kappa shape index (κ3) is 4.03. The van der Waals surface area contributed by atoms with Crippen LogP contribution in [-0.2, 0) is 4.74 Å². The van der Waals surface area contributed by atoms with Gasteiger partial charge in [0.1, 0.15) is 6.61 Å². The second-order valence-corrected chi connectivity index (χ2v) is 3.43. The van der Waals surface area contributed by atoms with Gasteiger partial charge < -0.3 is 4.74 Å². The maximum absolute atomic E-state index is 11.9. The van der Waals surface area contributed by atoms with Crippen LogP contribution in [0.3, 0.4) is 0 Å². The maximum atomic E-state index is 11.9. The summed E-state index contributed by atoms with van der Waals surface area (Å²) in [5.74, 6) is 2.55. The number of alkyl halides is 2. The topological polar surface area (TPSA) is 12.5 Å². The SMILES string of the molecule is C#CCN1CCCC(OCC(F)F)C1. The fourth-order valence-corrected chi connectivity index (χ4v) is 1.63. The third-order valence-electron chi connectivity index (χ3n) is 2.24. The van der Waals surface area contributed by atoms with Gasteiger partial charge in [0.25, 0.3) is 6.43 Å². The molecule has 1 rings (SSSR count). The molecule has 1 atom stereocenters. The molecule has 14 heavy (non-hydrogen) atoms. The molecule has 1 saturated heterocycles. The molecule has 2 nitrogen and oxygen atoms in total. The zero-order valence-electron chi connectivity index (χ0n) is 8.09.